The van der Waals surface area contributed by atoms with Gasteiger partial charge in [0.25, 0.3) is 0 Å². The summed E-state index contributed by atoms with van der Waals surface area (Å²) in [5, 5.41) is 4.63. The predicted octanol–water partition coefficient (Wildman–Crippen LogP) is 1.43. The summed E-state index contributed by atoms with van der Waals surface area (Å²) in [4.78, 5) is 16.9. The van der Waals surface area contributed by atoms with E-state index in [-0.39, 0.29) is 0 Å². The van der Waals surface area contributed by atoms with Crippen LogP contribution in [0.4, 0.5) is 11.6 Å². The van der Waals surface area contributed by atoms with Gasteiger partial charge in [0.1, 0.15) is 5.82 Å². The lowest BCUT2D eigenvalue weighted by Crippen LogP contribution is -2.19. The molecule has 0 aliphatic rings. The van der Waals surface area contributed by atoms with Crippen molar-refractivity contribution in [2.75, 3.05) is 12.4 Å². The molecule has 112 valence electrons. The molecule has 8 heteroatoms. The average Bonchev–Trinajstić information content (AvgIpc) is 2.93. The molecule has 3 N–H and O–H groups in total. The largest absolute Gasteiger partial charge is 0.321 e. The molecule has 0 spiro atoms. The van der Waals surface area contributed by atoms with Gasteiger partial charge in [-0.2, -0.15) is 0 Å². The molecule has 0 unspecified atom stereocenters. The summed E-state index contributed by atoms with van der Waals surface area (Å²) in [7, 11) is 1.77. The number of imidazole rings is 1. The molecule has 0 saturated heterocycles. The summed E-state index contributed by atoms with van der Waals surface area (Å²) < 4.78 is 1.95. The number of hydrogen-bond acceptors (Lipinski definition) is 7. The Morgan fingerprint density at radius 1 is 1.23 bits per heavy atom. The molecule has 0 bridgehead atoms. The zero-order valence-electron chi connectivity index (χ0n) is 12.3. The standard InChI is InChI=1S/C14H16N8/c1-10(9-21(2)15)11-7-19-14-13(18-5-6-22(11)14)20-12-8-16-3-4-17-12/h3-9H,15H2,1-2H3,(H,17,18,20)/b10-9+. The van der Waals surface area contributed by atoms with E-state index in [0.29, 0.717) is 17.3 Å². The smallest absolute Gasteiger partial charge is 0.180 e. The van der Waals surface area contributed by atoms with Crippen molar-refractivity contribution < 1.29 is 0 Å². The molecule has 0 fully saturated rings. The van der Waals surface area contributed by atoms with Gasteiger partial charge in [-0.25, -0.2) is 20.8 Å². The van der Waals surface area contributed by atoms with Crippen molar-refractivity contribution in [2.45, 2.75) is 6.92 Å². The van der Waals surface area contributed by atoms with Crippen LogP contribution in [0.2, 0.25) is 0 Å². The number of fused-ring (bicyclic) bond motifs is 1. The number of anilines is 2. The maximum absolute atomic E-state index is 5.66. The van der Waals surface area contributed by atoms with Gasteiger partial charge in [-0.3, -0.25) is 9.38 Å². The van der Waals surface area contributed by atoms with Crippen LogP contribution in [0.25, 0.3) is 11.2 Å². The summed E-state index contributed by atoms with van der Waals surface area (Å²) in [5.74, 6) is 6.89. The number of nitrogens with two attached hydrogens (primary N) is 1. The molecule has 0 aromatic carbocycles. The molecule has 0 amide bonds. The van der Waals surface area contributed by atoms with Gasteiger partial charge in [-0.1, -0.05) is 0 Å². The van der Waals surface area contributed by atoms with Gasteiger partial charge in [0.2, 0.25) is 0 Å². The van der Waals surface area contributed by atoms with Gasteiger partial charge in [0.05, 0.1) is 18.1 Å². The maximum Gasteiger partial charge on any atom is 0.180 e. The van der Waals surface area contributed by atoms with Gasteiger partial charge in [-0.05, 0) is 12.5 Å². The van der Waals surface area contributed by atoms with Gasteiger partial charge in [-0.15, -0.1) is 0 Å². The Morgan fingerprint density at radius 3 is 2.82 bits per heavy atom. The molecule has 0 aliphatic heterocycles. The molecule has 3 aromatic heterocycles. The topological polar surface area (TPSA) is 97.3 Å². The van der Waals surface area contributed by atoms with Crippen molar-refractivity contribution in [3.8, 4) is 0 Å². The molecule has 0 saturated carbocycles. The van der Waals surface area contributed by atoms with Crippen molar-refractivity contribution in [2.24, 2.45) is 5.84 Å². The number of nitrogens with one attached hydrogen (secondary N) is 1. The van der Waals surface area contributed by atoms with E-state index in [1.165, 1.54) is 5.01 Å². The molecular formula is C14H16N8. The Morgan fingerprint density at radius 2 is 2.09 bits per heavy atom. The Kier molecular flexibility index (Phi) is 3.67. The van der Waals surface area contributed by atoms with Crippen LogP contribution in [0.1, 0.15) is 12.6 Å². The van der Waals surface area contributed by atoms with Gasteiger partial charge in [0.15, 0.2) is 11.5 Å². The second-order valence-electron chi connectivity index (χ2n) is 4.81. The normalized spacial score (nSPS) is 11.7. The van der Waals surface area contributed by atoms with Crippen molar-refractivity contribution in [1.29, 1.82) is 0 Å². The number of hydrogen-bond donors (Lipinski definition) is 2. The van der Waals surface area contributed by atoms with Crippen molar-refractivity contribution >= 4 is 22.9 Å². The molecule has 3 heterocycles. The van der Waals surface area contributed by atoms with Gasteiger partial charge < -0.3 is 10.3 Å². The number of aromatic nitrogens is 5. The molecule has 3 rings (SSSR count). The molecule has 0 radical (unpaired) electrons. The fourth-order valence-corrected chi connectivity index (χ4v) is 2.16. The summed E-state index contributed by atoms with van der Waals surface area (Å²) in [6.45, 7) is 1.98. The maximum atomic E-state index is 5.66. The van der Waals surface area contributed by atoms with E-state index >= 15 is 0 Å². The van der Waals surface area contributed by atoms with E-state index in [9.17, 15) is 0 Å². The Balaban J connectivity index is 2.02. The Bertz CT molecular complexity index is 806. The summed E-state index contributed by atoms with van der Waals surface area (Å²) in [5.41, 5.74) is 2.64. The SMILES string of the molecule is C/C(=C\N(C)N)c1cnc2c(Nc3cnccn3)nccn12. The van der Waals surface area contributed by atoms with Crippen molar-refractivity contribution in [3.05, 3.63) is 49.1 Å². The van der Waals surface area contributed by atoms with E-state index in [1.54, 1.807) is 38.0 Å². The third-order valence-corrected chi connectivity index (χ3v) is 3.04. The monoisotopic (exact) mass is 296 g/mol. The highest BCUT2D eigenvalue weighted by Gasteiger charge is 2.10. The van der Waals surface area contributed by atoms with Crippen LogP contribution in [0.15, 0.2) is 43.4 Å². The molecule has 0 atom stereocenters. The first-order valence-electron chi connectivity index (χ1n) is 6.66. The third kappa shape index (κ3) is 2.72. The second-order valence-corrected chi connectivity index (χ2v) is 4.81. The number of allylic oxidation sites excluding steroid dienone is 1. The minimum atomic E-state index is 0.613. The minimum Gasteiger partial charge on any atom is -0.321 e. The molecular weight excluding hydrogens is 280 g/mol. The Hall–Kier alpha value is -3.00. The quantitative estimate of drug-likeness (QED) is 0.555. The lowest BCUT2D eigenvalue weighted by molar-refractivity contribution is 0.486. The van der Waals surface area contributed by atoms with Crippen LogP contribution < -0.4 is 11.2 Å². The van der Waals surface area contributed by atoms with Crippen LogP contribution in [0.3, 0.4) is 0 Å². The van der Waals surface area contributed by atoms with Crippen LogP contribution in [-0.4, -0.2) is 36.4 Å². The third-order valence-electron chi connectivity index (χ3n) is 3.04. The minimum absolute atomic E-state index is 0.613. The summed E-state index contributed by atoms with van der Waals surface area (Å²) >= 11 is 0. The van der Waals surface area contributed by atoms with Crippen molar-refractivity contribution in [3.63, 3.8) is 0 Å². The number of rotatable bonds is 4. The molecule has 3 aromatic rings. The second kappa shape index (κ2) is 5.78. The highest BCUT2D eigenvalue weighted by Crippen LogP contribution is 2.21. The van der Waals surface area contributed by atoms with E-state index in [4.69, 9.17) is 5.84 Å². The van der Waals surface area contributed by atoms with Crippen LogP contribution in [0, 0.1) is 0 Å². The lowest BCUT2D eigenvalue weighted by atomic mass is 10.2. The Labute approximate surface area is 127 Å². The zero-order valence-corrected chi connectivity index (χ0v) is 12.3. The molecule has 0 aliphatic carbocycles. The van der Waals surface area contributed by atoms with Gasteiger partial charge in [0, 0.05) is 38.0 Å². The average molecular weight is 296 g/mol. The molecule has 22 heavy (non-hydrogen) atoms. The van der Waals surface area contributed by atoms with E-state index in [0.717, 1.165) is 11.3 Å². The van der Waals surface area contributed by atoms with Crippen molar-refractivity contribution in [1.82, 2.24) is 29.3 Å². The lowest BCUT2D eigenvalue weighted by Gasteiger charge is -2.09. The van der Waals surface area contributed by atoms with E-state index in [2.05, 4.69) is 25.3 Å². The zero-order chi connectivity index (χ0) is 15.5. The summed E-state index contributed by atoms with van der Waals surface area (Å²) in [6.07, 6.45) is 12.0. The first-order valence-corrected chi connectivity index (χ1v) is 6.66. The fourth-order valence-electron chi connectivity index (χ4n) is 2.16. The highest BCUT2D eigenvalue weighted by molar-refractivity contribution is 5.72. The summed E-state index contributed by atoms with van der Waals surface area (Å²) in [6, 6.07) is 0. The fraction of sp³-hybridized carbons (Fsp3) is 0.143. The van der Waals surface area contributed by atoms with Crippen LogP contribution in [-0.2, 0) is 0 Å². The molecule has 8 nitrogen and oxygen atoms in total. The van der Waals surface area contributed by atoms with Crippen LogP contribution >= 0.6 is 0 Å². The predicted molar refractivity (Wildman–Crippen MR) is 83.9 cm³/mol. The van der Waals surface area contributed by atoms with Gasteiger partial charge >= 0.3 is 0 Å². The first-order chi connectivity index (χ1) is 10.6. The first kappa shape index (κ1) is 14.0. The van der Waals surface area contributed by atoms with E-state index < -0.39 is 0 Å². The number of hydrazine groups is 1. The van der Waals surface area contributed by atoms with E-state index in [1.807, 2.05) is 23.7 Å². The number of nitrogens with zero attached hydrogens (tertiary/aromatic N) is 6. The van der Waals surface area contributed by atoms with Crippen LogP contribution in [0.5, 0.6) is 0 Å². The highest BCUT2D eigenvalue weighted by atomic mass is 15.4.